The van der Waals surface area contributed by atoms with Crippen molar-refractivity contribution in [3.05, 3.63) is 35.9 Å². The zero-order valence-electron chi connectivity index (χ0n) is 5.78. The van der Waals surface area contributed by atoms with Crippen LogP contribution in [0.15, 0.2) is 30.3 Å². The number of hydroxylamine groups is 1. The molecule has 0 aromatic heterocycles. The number of nitrogens with one attached hydrogen (secondary N) is 1. The molecule has 0 aliphatic carbocycles. The Bertz CT molecular complexity index is 235. The highest BCUT2D eigenvalue weighted by atomic mass is 16.8. The molecule has 1 aromatic rings. The van der Waals surface area contributed by atoms with E-state index < -0.39 is 0 Å². The molecule has 0 heterocycles. The molecule has 3 N–H and O–H groups in total. The Morgan fingerprint density at radius 1 is 1.36 bits per heavy atom. The standard InChI is InChI=1S/C7H8N2O2/c8-11-9-7(10)6-4-2-1-3-5-6/h1-5H,8H2,(H,9,10). The number of amides is 1. The molecule has 0 saturated heterocycles. The molecule has 1 aromatic carbocycles. The van der Waals surface area contributed by atoms with E-state index in [4.69, 9.17) is 0 Å². The van der Waals surface area contributed by atoms with Crippen molar-refractivity contribution in [1.82, 2.24) is 5.48 Å². The second-order valence-corrected chi connectivity index (χ2v) is 1.92. The molecule has 0 radical (unpaired) electrons. The van der Waals surface area contributed by atoms with Crippen LogP contribution < -0.4 is 11.4 Å². The lowest BCUT2D eigenvalue weighted by atomic mass is 10.2. The quantitative estimate of drug-likeness (QED) is 0.596. The van der Waals surface area contributed by atoms with E-state index in [0.717, 1.165) is 0 Å². The van der Waals surface area contributed by atoms with Gasteiger partial charge >= 0.3 is 0 Å². The van der Waals surface area contributed by atoms with Crippen LogP contribution in [-0.2, 0) is 4.94 Å². The van der Waals surface area contributed by atoms with Crippen molar-refractivity contribution in [2.45, 2.75) is 0 Å². The van der Waals surface area contributed by atoms with E-state index >= 15 is 0 Å². The Hall–Kier alpha value is -1.39. The Morgan fingerprint density at radius 3 is 2.55 bits per heavy atom. The summed E-state index contributed by atoms with van der Waals surface area (Å²) in [6.45, 7) is 0. The summed E-state index contributed by atoms with van der Waals surface area (Å²) in [6, 6.07) is 8.65. The second-order valence-electron chi connectivity index (χ2n) is 1.92. The molecule has 0 unspecified atom stereocenters. The highest BCUT2D eigenvalue weighted by Gasteiger charge is 2.01. The van der Waals surface area contributed by atoms with Gasteiger partial charge in [-0.2, -0.15) is 10.8 Å². The summed E-state index contributed by atoms with van der Waals surface area (Å²) in [5.41, 5.74) is 2.51. The number of rotatable bonds is 2. The maximum Gasteiger partial charge on any atom is 0.276 e. The van der Waals surface area contributed by atoms with Gasteiger partial charge in [0, 0.05) is 5.56 Å². The predicted octanol–water partition coefficient (Wildman–Crippen LogP) is 0.222. The number of hydrogen-bond acceptors (Lipinski definition) is 3. The highest BCUT2D eigenvalue weighted by Crippen LogP contribution is 1.96. The summed E-state index contributed by atoms with van der Waals surface area (Å²) in [5.74, 6) is 4.28. The fourth-order valence-electron chi connectivity index (χ4n) is 0.702. The van der Waals surface area contributed by atoms with E-state index in [0.29, 0.717) is 5.56 Å². The van der Waals surface area contributed by atoms with Crippen molar-refractivity contribution in [2.24, 2.45) is 5.90 Å². The van der Waals surface area contributed by atoms with E-state index in [1.165, 1.54) is 0 Å². The topological polar surface area (TPSA) is 64.3 Å². The molecule has 0 bridgehead atoms. The van der Waals surface area contributed by atoms with Crippen LogP contribution in [0.4, 0.5) is 0 Å². The average Bonchev–Trinajstić information content (AvgIpc) is 2.07. The van der Waals surface area contributed by atoms with Crippen molar-refractivity contribution in [3.63, 3.8) is 0 Å². The minimum Gasteiger partial charge on any atom is -0.267 e. The third-order valence-corrected chi connectivity index (χ3v) is 1.19. The number of carbonyl (C=O) groups excluding carboxylic acids is 1. The van der Waals surface area contributed by atoms with Gasteiger partial charge in [-0.3, -0.25) is 4.79 Å². The smallest absolute Gasteiger partial charge is 0.267 e. The molecule has 4 heteroatoms. The normalized spacial score (nSPS) is 9.18. The van der Waals surface area contributed by atoms with E-state index in [9.17, 15) is 4.79 Å². The fraction of sp³-hybridized carbons (Fsp3) is 0. The van der Waals surface area contributed by atoms with Crippen molar-refractivity contribution < 1.29 is 9.73 Å². The SMILES string of the molecule is NONC(=O)c1ccccc1. The van der Waals surface area contributed by atoms with Gasteiger partial charge in [0.1, 0.15) is 0 Å². The first-order valence-corrected chi connectivity index (χ1v) is 3.05. The van der Waals surface area contributed by atoms with Gasteiger partial charge in [-0.15, -0.1) is 0 Å². The molecule has 0 aliphatic heterocycles. The summed E-state index contributed by atoms with van der Waals surface area (Å²) in [6.07, 6.45) is 0. The van der Waals surface area contributed by atoms with Gasteiger partial charge < -0.3 is 0 Å². The van der Waals surface area contributed by atoms with Crippen LogP contribution in [0.25, 0.3) is 0 Å². The van der Waals surface area contributed by atoms with Gasteiger partial charge in [0.05, 0.1) is 0 Å². The maximum atomic E-state index is 10.9. The average molecular weight is 152 g/mol. The molecule has 1 amide bonds. The Kier molecular flexibility index (Phi) is 2.59. The van der Waals surface area contributed by atoms with Crippen LogP contribution in [0.3, 0.4) is 0 Å². The maximum absolute atomic E-state index is 10.9. The summed E-state index contributed by atoms with van der Waals surface area (Å²) in [5, 5.41) is 0. The third-order valence-electron chi connectivity index (χ3n) is 1.19. The third kappa shape index (κ3) is 2.03. The highest BCUT2D eigenvalue weighted by molar-refractivity contribution is 5.93. The number of nitrogens with two attached hydrogens (primary N) is 1. The number of benzene rings is 1. The number of hydrogen-bond donors (Lipinski definition) is 2. The van der Waals surface area contributed by atoms with Crippen LogP contribution in [0.2, 0.25) is 0 Å². The Balaban J connectivity index is 2.69. The fourth-order valence-corrected chi connectivity index (χ4v) is 0.702. The Morgan fingerprint density at radius 2 is 2.00 bits per heavy atom. The molecular formula is C7H8N2O2. The number of carbonyl (C=O) groups is 1. The van der Waals surface area contributed by atoms with Crippen molar-refractivity contribution in [3.8, 4) is 0 Å². The molecule has 0 atom stereocenters. The molecule has 0 spiro atoms. The van der Waals surface area contributed by atoms with Crippen LogP contribution in [0.5, 0.6) is 0 Å². The first-order valence-electron chi connectivity index (χ1n) is 3.05. The molecular weight excluding hydrogens is 144 g/mol. The van der Waals surface area contributed by atoms with E-state index in [-0.39, 0.29) is 5.91 Å². The summed E-state index contributed by atoms with van der Waals surface area (Å²) in [7, 11) is 0. The van der Waals surface area contributed by atoms with Crippen LogP contribution in [0, 0.1) is 0 Å². The van der Waals surface area contributed by atoms with Gasteiger partial charge in [0.2, 0.25) is 0 Å². The first-order chi connectivity index (χ1) is 5.34. The van der Waals surface area contributed by atoms with Crippen LogP contribution >= 0.6 is 0 Å². The molecule has 0 fully saturated rings. The lowest BCUT2D eigenvalue weighted by Crippen LogP contribution is -2.26. The molecule has 11 heavy (non-hydrogen) atoms. The summed E-state index contributed by atoms with van der Waals surface area (Å²) in [4.78, 5) is 14.9. The van der Waals surface area contributed by atoms with Gasteiger partial charge in [0.25, 0.3) is 5.91 Å². The van der Waals surface area contributed by atoms with E-state index in [1.807, 2.05) is 11.5 Å². The minimum absolute atomic E-state index is 0.354. The van der Waals surface area contributed by atoms with Gasteiger partial charge in [-0.25, -0.2) is 5.48 Å². The van der Waals surface area contributed by atoms with Crippen molar-refractivity contribution >= 4 is 5.91 Å². The monoisotopic (exact) mass is 152 g/mol. The minimum atomic E-state index is -0.354. The predicted molar refractivity (Wildman–Crippen MR) is 39.2 cm³/mol. The zero-order chi connectivity index (χ0) is 8.10. The first kappa shape index (κ1) is 7.71. The van der Waals surface area contributed by atoms with Gasteiger partial charge in [-0.05, 0) is 12.1 Å². The Labute approximate surface area is 63.9 Å². The van der Waals surface area contributed by atoms with Crippen molar-refractivity contribution in [1.29, 1.82) is 0 Å². The summed E-state index contributed by atoms with van der Waals surface area (Å²) >= 11 is 0. The molecule has 1 rings (SSSR count). The molecule has 4 nitrogen and oxygen atoms in total. The zero-order valence-corrected chi connectivity index (χ0v) is 5.78. The van der Waals surface area contributed by atoms with E-state index in [2.05, 4.69) is 10.8 Å². The molecule has 58 valence electrons. The largest absolute Gasteiger partial charge is 0.276 e. The van der Waals surface area contributed by atoms with Gasteiger partial charge in [-0.1, -0.05) is 18.2 Å². The van der Waals surface area contributed by atoms with Gasteiger partial charge in [0.15, 0.2) is 0 Å². The van der Waals surface area contributed by atoms with E-state index in [1.54, 1.807) is 24.3 Å². The molecule has 0 aliphatic rings. The lowest BCUT2D eigenvalue weighted by Gasteiger charge is -1.98. The van der Waals surface area contributed by atoms with Crippen molar-refractivity contribution in [2.75, 3.05) is 0 Å². The summed E-state index contributed by atoms with van der Waals surface area (Å²) < 4.78 is 0. The lowest BCUT2D eigenvalue weighted by molar-refractivity contribution is 0.0310. The van der Waals surface area contributed by atoms with Crippen LogP contribution in [-0.4, -0.2) is 5.91 Å². The second kappa shape index (κ2) is 3.70. The van der Waals surface area contributed by atoms with Crippen LogP contribution in [0.1, 0.15) is 10.4 Å². The molecule has 0 saturated carbocycles.